The molecule has 0 radical (unpaired) electrons. The van der Waals surface area contributed by atoms with Crippen molar-refractivity contribution >= 4 is 23.0 Å². The van der Waals surface area contributed by atoms with Crippen molar-refractivity contribution in [1.29, 1.82) is 10.5 Å². The number of hydrogen-bond acceptors (Lipinski definition) is 4. The highest BCUT2D eigenvalue weighted by Crippen LogP contribution is 1.98. The average Bonchev–Trinajstić information content (AvgIpc) is 2.80. The second-order valence-corrected chi connectivity index (χ2v) is 5.16. The maximum absolute atomic E-state index is 12.4. The largest absolute Gasteiger partial charge is 0.293 e. The minimum atomic E-state index is -0.221. The van der Waals surface area contributed by atoms with E-state index in [0.717, 1.165) is 16.9 Å². The van der Waals surface area contributed by atoms with Gasteiger partial charge in [0.05, 0.1) is 4.53 Å². The van der Waals surface area contributed by atoms with Gasteiger partial charge in [0.25, 0.3) is 5.56 Å². The van der Waals surface area contributed by atoms with Crippen molar-refractivity contribution in [3.8, 4) is 12.1 Å². The van der Waals surface area contributed by atoms with Crippen LogP contribution in [0.4, 0.5) is 0 Å². The number of benzene rings is 1. The molecule has 2 aromatic rings. The van der Waals surface area contributed by atoms with Crippen LogP contribution in [0.1, 0.15) is 5.56 Å². The number of rotatable bonds is 3. The maximum Gasteiger partial charge on any atom is 0.269 e. The van der Waals surface area contributed by atoms with Gasteiger partial charge in [0.1, 0.15) is 16.8 Å². The molecular weight excluding hydrogens is 282 g/mol. The zero-order chi connectivity index (χ0) is 15.2. The Morgan fingerprint density at radius 1 is 1.29 bits per heavy atom. The van der Waals surface area contributed by atoms with Crippen molar-refractivity contribution in [1.82, 2.24) is 4.57 Å². The Bertz CT molecular complexity index is 905. The first-order valence-electron chi connectivity index (χ1n) is 6.13. The van der Waals surface area contributed by atoms with E-state index in [1.165, 1.54) is 4.57 Å². The molecule has 1 heterocycles. The topological polar surface area (TPSA) is 69.6 Å². The van der Waals surface area contributed by atoms with Gasteiger partial charge >= 0.3 is 0 Å². The molecule has 4 nitrogen and oxygen atoms in total. The molecule has 0 saturated heterocycles. The lowest BCUT2D eigenvalue weighted by Gasteiger charge is -1.94. The van der Waals surface area contributed by atoms with Gasteiger partial charge in [0.2, 0.25) is 0 Å². The van der Waals surface area contributed by atoms with Crippen molar-refractivity contribution in [2.75, 3.05) is 0 Å². The molecule has 0 spiro atoms. The van der Waals surface area contributed by atoms with Crippen molar-refractivity contribution in [3.63, 3.8) is 0 Å². The van der Waals surface area contributed by atoms with Crippen LogP contribution in [0.15, 0.2) is 47.8 Å². The molecule has 0 amide bonds. The molecule has 0 aliphatic heterocycles. The second-order valence-electron chi connectivity index (χ2n) is 4.13. The van der Waals surface area contributed by atoms with Crippen LogP contribution in [-0.4, -0.2) is 4.57 Å². The molecule has 0 N–H and O–H groups in total. The second kappa shape index (κ2) is 6.51. The summed E-state index contributed by atoms with van der Waals surface area (Å²) in [6.45, 7) is 3.87. The van der Waals surface area contributed by atoms with Crippen molar-refractivity contribution in [3.05, 3.63) is 68.1 Å². The highest BCUT2D eigenvalue weighted by atomic mass is 32.1. The van der Waals surface area contributed by atoms with Gasteiger partial charge in [-0.25, -0.2) is 0 Å². The maximum atomic E-state index is 12.4. The first-order chi connectivity index (χ1) is 10.2. The quantitative estimate of drug-likeness (QED) is 0.796. The lowest BCUT2D eigenvalue weighted by Crippen LogP contribution is -2.31. The van der Waals surface area contributed by atoms with E-state index in [2.05, 4.69) is 6.58 Å². The Kier molecular flexibility index (Phi) is 4.50. The molecule has 0 aliphatic carbocycles. The molecule has 1 aromatic heterocycles. The first-order valence-corrected chi connectivity index (χ1v) is 6.94. The van der Waals surface area contributed by atoms with Crippen LogP contribution in [0, 0.1) is 22.7 Å². The Morgan fingerprint density at radius 3 is 2.52 bits per heavy atom. The monoisotopic (exact) mass is 293 g/mol. The highest BCUT2D eigenvalue weighted by Gasteiger charge is 2.07. The molecule has 0 bridgehead atoms. The highest BCUT2D eigenvalue weighted by molar-refractivity contribution is 7.07. The van der Waals surface area contributed by atoms with E-state index in [0.29, 0.717) is 9.20 Å². The molecule has 0 saturated carbocycles. The number of thiazole rings is 1. The number of hydrogen-bond donors (Lipinski definition) is 0. The Labute approximate surface area is 125 Å². The normalized spacial score (nSPS) is 10.7. The van der Waals surface area contributed by atoms with E-state index in [1.807, 2.05) is 42.5 Å². The Balaban J connectivity index is 2.82. The zero-order valence-corrected chi connectivity index (χ0v) is 11.9. The van der Waals surface area contributed by atoms with Crippen LogP contribution < -0.4 is 14.8 Å². The smallest absolute Gasteiger partial charge is 0.269 e. The number of aromatic nitrogens is 1. The fraction of sp³-hybridized carbons (Fsp3) is 0.0625. The minimum absolute atomic E-state index is 0.0633. The third-order valence-electron chi connectivity index (χ3n) is 2.75. The van der Waals surface area contributed by atoms with Gasteiger partial charge in [-0.2, -0.15) is 10.5 Å². The van der Waals surface area contributed by atoms with Crippen molar-refractivity contribution in [2.45, 2.75) is 6.54 Å². The Morgan fingerprint density at radius 2 is 1.95 bits per heavy atom. The fourth-order valence-corrected chi connectivity index (χ4v) is 2.88. The van der Waals surface area contributed by atoms with E-state index >= 15 is 0 Å². The van der Waals surface area contributed by atoms with Gasteiger partial charge in [-0.3, -0.25) is 9.36 Å². The van der Waals surface area contributed by atoms with Gasteiger partial charge in [-0.05, 0) is 11.6 Å². The van der Waals surface area contributed by atoms with E-state index in [-0.39, 0.29) is 17.7 Å². The first kappa shape index (κ1) is 14.5. The molecule has 0 unspecified atom stereocenters. The molecule has 21 heavy (non-hydrogen) atoms. The molecule has 0 aliphatic rings. The van der Waals surface area contributed by atoms with Gasteiger partial charge in [-0.1, -0.05) is 36.4 Å². The van der Waals surface area contributed by atoms with Crippen LogP contribution in [0.3, 0.4) is 0 Å². The third kappa shape index (κ3) is 3.00. The lowest BCUT2D eigenvalue weighted by molar-refractivity contribution is 0.775. The average molecular weight is 293 g/mol. The summed E-state index contributed by atoms with van der Waals surface area (Å²) in [6.07, 6.45) is 3.32. The van der Waals surface area contributed by atoms with Crippen LogP contribution in [0.5, 0.6) is 0 Å². The van der Waals surface area contributed by atoms with E-state index in [1.54, 1.807) is 12.2 Å². The minimum Gasteiger partial charge on any atom is -0.293 e. The van der Waals surface area contributed by atoms with Crippen LogP contribution in [0.2, 0.25) is 0 Å². The summed E-state index contributed by atoms with van der Waals surface area (Å²) in [4.78, 5) is 12.4. The predicted molar refractivity (Wildman–Crippen MR) is 82.7 cm³/mol. The van der Waals surface area contributed by atoms with Gasteiger partial charge < -0.3 is 0 Å². The lowest BCUT2D eigenvalue weighted by atomic mass is 10.2. The zero-order valence-electron chi connectivity index (χ0n) is 11.1. The summed E-state index contributed by atoms with van der Waals surface area (Å²) in [7, 11) is 0. The van der Waals surface area contributed by atoms with E-state index < -0.39 is 0 Å². The predicted octanol–water partition coefficient (Wildman–Crippen LogP) is 1.12. The molecule has 0 fully saturated rings. The summed E-state index contributed by atoms with van der Waals surface area (Å²) < 4.78 is 2.25. The Hall–Kier alpha value is -2.89. The third-order valence-corrected chi connectivity index (χ3v) is 3.88. The van der Waals surface area contributed by atoms with Gasteiger partial charge in [-0.15, -0.1) is 17.9 Å². The van der Waals surface area contributed by atoms with Crippen LogP contribution >= 0.6 is 11.3 Å². The number of nitriles is 2. The molecule has 5 heteroatoms. The van der Waals surface area contributed by atoms with Crippen LogP contribution in [-0.2, 0) is 6.54 Å². The molecule has 0 atom stereocenters. The molecule has 102 valence electrons. The summed E-state index contributed by atoms with van der Waals surface area (Å²) in [5.41, 5.74) is 0.608. The van der Waals surface area contributed by atoms with Gasteiger partial charge in [0.15, 0.2) is 5.57 Å². The molecular formula is C16H11N3OS. The summed E-state index contributed by atoms with van der Waals surface area (Å²) in [5.74, 6) is 0. The van der Waals surface area contributed by atoms with Crippen LogP contribution in [0.25, 0.3) is 11.6 Å². The standard InChI is InChI=1S/C16H11N3OS/c1-2-8-19-15(20)14(9-12-6-4-3-5-7-12)21-16(19)13(10-17)11-18/h2-7,9H,1,8H2. The summed E-state index contributed by atoms with van der Waals surface area (Å²) in [5, 5.41) is 18.0. The summed E-state index contributed by atoms with van der Waals surface area (Å²) in [6, 6.07) is 13.1. The molecule has 2 rings (SSSR count). The molecule has 1 aromatic carbocycles. The SMILES string of the molecule is C=CCn1c(=C(C#N)C#N)sc(=Cc2ccccc2)c1=O. The van der Waals surface area contributed by atoms with Crippen molar-refractivity contribution < 1.29 is 0 Å². The van der Waals surface area contributed by atoms with Crippen molar-refractivity contribution in [2.24, 2.45) is 0 Å². The van der Waals surface area contributed by atoms with Gasteiger partial charge in [0, 0.05) is 6.54 Å². The van der Waals surface area contributed by atoms with E-state index in [9.17, 15) is 4.79 Å². The number of allylic oxidation sites excluding steroid dienone is 1. The summed E-state index contributed by atoms with van der Waals surface area (Å²) >= 11 is 1.14. The van der Waals surface area contributed by atoms with E-state index in [4.69, 9.17) is 10.5 Å². The fourth-order valence-electron chi connectivity index (χ4n) is 1.82. The number of nitrogens with zero attached hydrogens (tertiary/aromatic N) is 3.